The maximum absolute atomic E-state index is 3.94. The Morgan fingerprint density at radius 3 is 2.56 bits per heavy atom. The molecule has 1 spiro atoms. The van der Waals surface area contributed by atoms with Gasteiger partial charge in [-0.1, -0.05) is 26.2 Å². The first kappa shape index (κ1) is 12.9. The quantitative estimate of drug-likeness (QED) is 0.824. The number of rotatable bonds is 4. The Morgan fingerprint density at radius 2 is 1.89 bits per heavy atom. The Labute approximate surface area is 113 Å². The third-order valence-electron chi connectivity index (χ3n) is 6.02. The van der Waals surface area contributed by atoms with Crippen molar-refractivity contribution in [3.8, 4) is 0 Å². The number of nitrogens with one attached hydrogen (secondary N) is 1. The summed E-state index contributed by atoms with van der Waals surface area (Å²) >= 11 is 0. The van der Waals surface area contributed by atoms with E-state index < -0.39 is 0 Å². The zero-order chi connectivity index (χ0) is 12.4. The summed E-state index contributed by atoms with van der Waals surface area (Å²) in [5.41, 5.74) is 0.730. The predicted octanol–water partition coefficient (Wildman–Crippen LogP) is 3.17. The molecule has 0 amide bonds. The average Bonchev–Trinajstić information content (AvgIpc) is 2.86. The fourth-order valence-corrected chi connectivity index (χ4v) is 4.69. The van der Waals surface area contributed by atoms with Crippen LogP contribution in [0.1, 0.15) is 64.7 Å². The van der Waals surface area contributed by atoms with Gasteiger partial charge in [0.05, 0.1) is 0 Å². The van der Waals surface area contributed by atoms with E-state index >= 15 is 0 Å². The highest BCUT2D eigenvalue weighted by molar-refractivity contribution is 5.02. The number of hydrogen-bond acceptors (Lipinski definition) is 2. The molecule has 2 unspecified atom stereocenters. The van der Waals surface area contributed by atoms with Gasteiger partial charge < -0.3 is 5.32 Å². The maximum Gasteiger partial charge on any atom is 0.0221 e. The van der Waals surface area contributed by atoms with Crippen LogP contribution in [0.3, 0.4) is 0 Å². The summed E-state index contributed by atoms with van der Waals surface area (Å²) in [5.74, 6) is 0. The van der Waals surface area contributed by atoms with E-state index in [1.165, 1.54) is 77.4 Å². The molecule has 18 heavy (non-hydrogen) atoms. The molecular formula is C16H30N2. The van der Waals surface area contributed by atoms with E-state index in [1.54, 1.807) is 0 Å². The number of hydrogen-bond donors (Lipinski definition) is 1. The van der Waals surface area contributed by atoms with Crippen molar-refractivity contribution in [2.75, 3.05) is 19.6 Å². The first-order valence-corrected chi connectivity index (χ1v) is 8.31. The molecule has 3 fully saturated rings. The molecule has 3 rings (SSSR count). The molecule has 2 atom stereocenters. The lowest BCUT2D eigenvalue weighted by atomic mass is 9.57. The number of nitrogens with zero attached hydrogens (tertiary/aromatic N) is 1. The van der Waals surface area contributed by atoms with Crippen LogP contribution in [0.5, 0.6) is 0 Å². The van der Waals surface area contributed by atoms with Crippen molar-refractivity contribution in [2.24, 2.45) is 5.41 Å². The smallest absolute Gasteiger partial charge is 0.0221 e. The van der Waals surface area contributed by atoms with Gasteiger partial charge in [-0.05, 0) is 57.0 Å². The van der Waals surface area contributed by atoms with Crippen molar-refractivity contribution in [3.05, 3.63) is 0 Å². The molecule has 0 aromatic heterocycles. The molecule has 2 saturated carbocycles. The number of likely N-dealkylation sites (N-methyl/N-ethyl adjacent to an activating group) is 1. The molecule has 2 aliphatic carbocycles. The van der Waals surface area contributed by atoms with Gasteiger partial charge in [-0.25, -0.2) is 0 Å². The summed E-state index contributed by atoms with van der Waals surface area (Å²) in [6.07, 6.45) is 13.3. The summed E-state index contributed by atoms with van der Waals surface area (Å²) in [6.45, 7) is 6.13. The number of likely N-dealkylation sites (tertiary alicyclic amines) is 1. The van der Waals surface area contributed by atoms with Crippen LogP contribution in [0.15, 0.2) is 0 Å². The van der Waals surface area contributed by atoms with E-state index in [0.29, 0.717) is 0 Å². The van der Waals surface area contributed by atoms with Gasteiger partial charge in [0, 0.05) is 18.6 Å². The van der Waals surface area contributed by atoms with Crippen molar-refractivity contribution in [1.82, 2.24) is 10.2 Å². The fourth-order valence-electron chi connectivity index (χ4n) is 4.69. The molecule has 1 heterocycles. The van der Waals surface area contributed by atoms with Crippen molar-refractivity contribution < 1.29 is 0 Å². The minimum Gasteiger partial charge on any atom is -0.312 e. The van der Waals surface area contributed by atoms with Gasteiger partial charge in [-0.15, -0.1) is 0 Å². The lowest BCUT2D eigenvalue weighted by molar-refractivity contribution is 0.0200. The molecule has 0 radical (unpaired) electrons. The van der Waals surface area contributed by atoms with Crippen LogP contribution in [0.2, 0.25) is 0 Å². The van der Waals surface area contributed by atoms with Gasteiger partial charge in [0.2, 0.25) is 0 Å². The third kappa shape index (κ3) is 2.34. The Balaban J connectivity index is 1.48. The summed E-state index contributed by atoms with van der Waals surface area (Å²) in [7, 11) is 0. The summed E-state index contributed by atoms with van der Waals surface area (Å²) in [6, 6.07) is 1.69. The van der Waals surface area contributed by atoms with Crippen LogP contribution in [-0.2, 0) is 0 Å². The van der Waals surface area contributed by atoms with E-state index in [0.717, 1.165) is 17.5 Å². The fraction of sp³-hybridized carbons (Fsp3) is 1.00. The largest absolute Gasteiger partial charge is 0.312 e. The predicted molar refractivity (Wildman–Crippen MR) is 76.8 cm³/mol. The Hall–Kier alpha value is -0.0800. The lowest BCUT2D eigenvalue weighted by Gasteiger charge is -2.53. The molecule has 3 aliphatic rings. The summed E-state index contributed by atoms with van der Waals surface area (Å²) < 4.78 is 0. The molecule has 1 saturated heterocycles. The van der Waals surface area contributed by atoms with E-state index in [2.05, 4.69) is 17.1 Å². The first-order chi connectivity index (χ1) is 8.84. The zero-order valence-electron chi connectivity index (χ0n) is 12.1. The minimum absolute atomic E-state index is 0.730. The molecule has 104 valence electrons. The van der Waals surface area contributed by atoms with E-state index in [1.807, 2.05) is 0 Å². The van der Waals surface area contributed by atoms with Crippen LogP contribution in [0.4, 0.5) is 0 Å². The van der Waals surface area contributed by atoms with E-state index in [4.69, 9.17) is 0 Å². The van der Waals surface area contributed by atoms with Gasteiger partial charge in [0.15, 0.2) is 0 Å². The SMILES string of the molecule is CCN1CCCC1CNC1CCC12CCCCC2. The minimum atomic E-state index is 0.730. The molecule has 0 aromatic carbocycles. The Morgan fingerprint density at radius 1 is 1.06 bits per heavy atom. The topological polar surface area (TPSA) is 15.3 Å². The van der Waals surface area contributed by atoms with Gasteiger partial charge in [0.1, 0.15) is 0 Å². The molecule has 1 aliphatic heterocycles. The van der Waals surface area contributed by atoms with Crippen LogP contribution < -0.4 is 5.32 Å². The second kappa shape index (κ2) is 5.50. The van der Waals surface area contributed by atoms with Gasteiger partial charge in [-0.3, -0.25) is 4.90 Å². The standard InChI is InChI=1S/C16H30N2/c1-2-18-12-6-7-14(18)13-17-15-8-11-16(15)9-4-3-5-10-16/h14-15,17H,2-13H2,1H3. The van der Waals surface area contributed by atoms with Crippen molar-refractivity contribution in [3.63, 3.8) is 0 Å². The Bertz CT molecular complexity index is 270. The van der Waals surface area contributed by atoms with E-state index in [-0.39, 0.29) is 0 Å². The molecule has 0 bridgehead atoms. The van der Waals surface area contributed by atoms with Crippen LogP contribution >= 0.6 is 0 Å². The zero-order valence-corrected chi connectivity index (χ0v) is 12.1. The van der Waals surface area contributed by atoms with Crippen LogP contribution in [-0.4, -0.2) is 36.6 Å². The molecule has 2 heteroatoms. The maximum atomic E-state index is 3.94. The summed E-state index contributed by atoms with van der Waals surface area (Å²) in [5, 5.41) is 3.94. The van der Waals surface area contributed by atoms with Crippen molar-refractivity contribution >= 4 is 0 Å². The molecule has 2 nitrogen and oxygen atoms in total. The lowest BCUT2D eigenvalue weighted by Crippen LogP contribution is -2.56. The molecule has 1 N–H and O–H groups in total. The average molecular weight is 250 g/mol. The normalized spacial score (nSPS) is 35.8. The van der Waals surface area contributed by atoms with Crippen molar-refractivity contribution in [2.45, 2.75) is 76.8 Å². The second-order valence-electron chi connectivity index (χ2n) is 6.85. The third-order valence-corrected chi connectivity index (χ3v) is 6.02. The van der Waals surface area contributed by atoms with Gasteiger partial charge in [0.25, 0.3) is 0 Å². The highest BCUT2D eigenvalue weighted by Crippen LogP contribution is 2.51. The molecule has 0 aromatic rings. The van der Waals surface area contributed by atoms with Crippen LogP contribution in [0, 0.1) is 5.41 Å². The van der Waals surface area contributed by atoms with Gasteiger partial charge in [-0.2, -0.15) is 0 Å². The highest BCUT2D eigenvalue weighted by Gasteiger charge is 2.46. The second-order valence-corrected chi connectivity index (χ2v) is 6.85. The summed E-state index contributed by atoms with van der Waals surface area (Å²) in [4.78, 5) is 2.67. The Kier molecular flexibility index (Phi) is 3.95. The van der Waals surface area contributed by atoms with Crippen LogP contribution in [0.25, 0.3) is 0 Å². The monoisotopic (exact) mass is 250 g/mol. The van der Waals surface area contributed by atoms with Crippen molar-refractivity contribution in [1.29, 1.82) is 0 Å². The highest BCUT2D eigenvalue weighted by atomic mass is 15.2. The molecular weight excluding hydrogens is 220 g/mol. The van der Waals surface area contributed by atoms with E-state index in [9.17, 15) is 0 Å². The first-order valence-electron chi connectivity index (χ1n) is 8.31. The van der Waals surface area contributed by atoms with Gasteiger partial charge >= 0.3 is 0 Å².